The Balaban J connectivity index is 2.83. The third kappa shape index (κ3) is 2.40. The van der Waals surface area contributed by atoms with E-state index in [4.69, 9.17) is 16.2 Å². The van der Waals surface area contributed by atoms with Crippen molar-refractivity contribution in [3.05, 3.63) is 17.6 Å². The maximum Gasteiger partial charge on any atom is 0.254 e. The van der Waals surface area contributed by atoms with Gasteiger partial charge in [0.1, 0.15) is 12.4 Å². The van der Waals surface area contributed by atoms with Crippen molar-refractivity contribution in [1.29, 1.82) is 0 Å². The topological polar surface area (TPSA) is 104 Å². The second kappa shape index (κ2) is 4.52. The van der Waals surface area contributed by atoms with E-state index in [-0.39, 0.29) is 18.0 Å². The van der Waals surface area contributed by atoms with Crippen LogP contribution in [0.15, 0.2) is 6.20 Å². The Morgan fingerprint density at radius 1 is 1.64 bits per heavy atom. The predicted octanol–water partition coefficient (Wildman–Crippen LogP) is -0.306. The molecule has 14 heavy (non-hydrogen) atoms. The Bertz CT molecular complexity index is 340. The molecule has 0 saturated carbocycles. The fraction of sp³-hybridized carbons (Fsp3) is 0.375. The predicted molar refractivity (Wildman–Crippen MR) is 50.3 cm³/mol. The minimum atomic E-state index is -0.634. The van der Waals surface area contributed by atoms with Crippen molar-refractivity contribution < 1.29 is 9.53 Å². The van der Waals surface area contributed by atoms with E-state index in [9.17, 15) is 4.79 Å². The smallest absolute Gasteiger partial charge is 0.254 e. The highest BCUT2D eigenvalue weighted by Crippen LogP contribution is 2.06. The lowest BCUT2D eigenvalue weighted by molar-refractivity contribution is 0.0999. The maximum atomic E-state index is 10.8. The van der Waals surface area contributed by atoms with Gasteiger partial charge in [-0.25, -0.2) is 9.97 Å². The molecule has 1 amide bonds. The molecule has 0 saturated heterocycles. The van der Waals surface area contributed by atoms with E-state index in [0.29, 0.717) is 12.4 Å². The number of carbonyl (C=O) groups excluding carboxylic acids is 1. The van der Waals surface area contributed by atoms with Crippen molar-refractivity contribution >= 4 is 11.7 Å². The van der Waals surface area contributed by atoms with E-state index in [2.05, 4.69) is 9.97 Å². The lowest BCUT2D eigenvalue weighted by Gasteiger charge is -2.03. The zero-order valence-electron chi connectivity index (χ0n) is 7.86. The Kier molecular flexibility index (Phi) is 3.35. The lowest BCUT2D eigenvalue weighted by Crippen LogP contribution is -2.16. The van der Waals surface area contributed by atoms with Gasteiger partial charge < -0.3 is 16.2 Å². The van der Waals surface area contributed by atoms with Crippen LogP contribution in [0.3, 0.4) is 0 Å². The van der Waals surface area contributed by atoms with Crippen molar-refractivity contribution in [2.45, 2.75) is 13.5 Å². The third-order valence-electron chi connectivity index (χ3n) is 1.57. The van der Waals surface area contributed by atoms with E-state index >= 15 is 0 Å². The molecule has 0 radical (unpaired) electrons. The molecule has 1 rings (SSSR count). The number of ether oxygens (including phenoxy) is 1. The van der Waals surface area contributed by atoms with Crippen LogP contribution in [0.2, 0.25) is 0 Å². The summed E-state index contributed by atoms with van der Waals surface area (Å²) in [5.41, 5.74) is 10.7. The molecule has 0 fully saturated rings. The fourth-order valence-electron chi connectivity index (χ4n) is 0.886. The molecule has 6 nitrogen and oxygen atoms in total. The summed E-state index contributed by atoms with van der Waals surface area (Å²) in [4.78, 5) is 18.5. The summed E-state index contributed by atoms with van der Waals surface area (Å²) in [6.07, 6.45) is 1.30. The molecule has 1 aromatic rings. The zero-order chi connectivity index (χ0) is 10.6. The first-order valence-corrected chi connectivity index (χ1v) is 4.14. The van der Waals surface area contributed by atoms with Crippen molar-refractivity contribution in [3.8, 4) is 0 Å². The monoisotopic (exact) mass is 196 g/mol. The second-order valence-corrected chi connectivity index (χ2v) is 2.59. The van der Waals surface area contributed by atoms with Crippen molar-refractivity contribution in [1.82, 2.24) is 9.97 Å². The van der Waals surface area contributed by atoms with Gasteiger partial charge >= 0.3 is 0 Å². The van der Waals surface area contributed by atoms with Crippen LogP contribution >= 0.6 is 0 Å². The van der Waals surface area contributed by atoms with E-state index in [0.717, 1.165) is 0 Å². The first-order chi connectivity index (χ1) is 6.65. The highest BCUT2D eigenvalue weighted by molar-refractivity contribution is 5.96. The highest BCUT2D eigenvalue weighted by Gasteiger charge is 2.08. The van der Waals surface area contributed by atoms with Crippen molar-refractivity contribution in [2.75, 3.05) is 12.3 Å². The van der Waals surface area contributed by atoms with Crippen LogP contribution in [0.5, 0.6) is 0 Å². The number of amides is 1. The molecule has 1 heterocycles. The summed E-state index contributed by atoms with van der Waals surface area (Å²) in [5.74, 6) is -0.109. The lowest BCUT2D eigenvalue weighted by atomic mass is 10.3. The molecule has 0 aliphatic heterocycles. The molecule has 0 aliphatic rings. The van der Waals surface area contributed by atoms with Crippen LogP contribution in [0, 0.1) is 0 Å². The maximum absolute atomic E-state index is 10.8. The zero-order valence-corrected chi connectivity index (χ0v) is 7.86. The van der Waals surface area contributed by atoms with Crippen molar-refractivity contribution in [2.24, 2.45) is 5.73 Å². The van der Waals surface area contributed by atoms with Gasteiger partial charge in [-0.05, 0) is 6.92 Å². The van der Waals surface area contributed by atoms with Gasteiger partial charge in [-0.15, -0.1) is 0 Å². The van der Waals surface area contributed by atoms with Crippen LogP contribution in [-0.2, 0) is 11.3 Å². The largest absolute Gasteiger partial charge is 0.383 e. The molecular weight excluding hydrogens is 184 g/mol. The van der Waals surface area contributed by atoms with Crippen LogP contribution in [-0.4, -0.2) is 22.5 Å². The van der Waals surface area contributed by atoms with Gasteiger partial charge in [-0.3, -0.25) is 4.79 Å². The van der Waals surface area contributed by atoms with Gasteiger partial charge in [0.15, 0.2) is 5.82 Å². The Morgan fingerprint density at radius 3 is 2.86 bits per heavy atom. The first kappa shape index (κ1) is 10.4. The summed E-state index contributed by atoms with van der Waals surface area (Å²) in [7, 11) is 0. The standard InChI is InChI=1S/C8H12N4O2/c1-2-14-4-6-11-3-5(8(10)13)7(9)12-6/h3H,2,4H2,1H3,(H2,10,13)(H2,9,11,12). The van der Waals surface area contributed by atoms with Crippen LogP contribution < -0.4 is 11.5 Å². The van der Waals surface area contributed by atoms with Gasteiger partial charge in [0.05, 0.1) is 5.56 Å². The van der Waals surface area contributed by atoms with Crippen LogP contribution in [0.1, 0.15) is 23.1 Å². The number of anilines is 1. The first-order valence-electron chi connectivity index (χ1n) is 4.14. The minimum absolute atomic E-state index is 0.0854. The number of nitrogens with zero attached hydrogens (tertiary/aromatic N) is 2. The average Bonchev–Trinajstić information content (AvgIpc) is 2.14. The van der Waals surface area contributed by atoms with Crippen molar-refractivity contribution in [3.63, 3.8) is 0 Å². The average molecular weight is 196 g/mol. The number of aromatic nitrogens is 2. The van der Waals surface area contributed by atoms with Gasteiger partial charge in [-0.2, -0.15) is 0 Å². The van der Waals surface area contributed by atoms with Gasteiger partial charge in [0.2, 0.25) is 0 Å². The molecule has 0 aliphatic carbocycles. The van der Waals surface area contributed by atoms with E-state index in [1.807, 2.05) is 6.92 Å². The summed E-state index contributed by atoms with van der Waals surface area (Å²) in [5, 5.41) is 0. The number of carbonyl (C=O) groups is 1. The number of hydrogen-bond donors (Lipinski definition) is 2. The summed E-state index contributed by atoms with van der Waals surface area (Å²) >= 11 is 0. The molecule has 76 valence electrons. The molecule has 1 aromatic heterocycles. The van der Waals surface area contributed by atoms with Gasteiger partial charge in [0, 0.05) is 12.8 Å². The van der Waals surface area contributed by atoms with Crippen LogP contribution in [0.25, 0.3) is 0 Å². The molecule has 0 spiro atoms. The Morgan fingerprint density at radius 2 is 2.36 bits per heavy atom. The minimum Gasteiger partial charge on any atom is -0.383 e. The van der Waals surface area contributed by atoms with E-state index in [1.54, 1.807) is 0 Å². The highest BCUT2D eigenvalue weighted by atomic mass is 16.5. The SMILES string of the molecule is CCOCc1ncc(C(N)=O)c(N)n1. The molecule has 4 N–H and O–H groups in total. The van der Waals surface area contributed by atoms with E-state index in [1.165, 1.54) is 6.20 Å². The molecule has 0 aromatic carbocycles. The van der Waals surface area contributed by atoms with Gasteiger partial charge in [-0.1, -0.05) is 0 Å². The van der Waals surface area contributed by atoms with E-state index < -0.39 is 5.91 Å². The molecule has 0 bridgehead atoms. The number of nitrogens with two attached hydrogens (primary N) is 2. The summed E-state index contributed by atoms with van der Waals surface area (Å²) in [6.45, 7) is 2.71. The van der Waals surface area contributed by atoms with Crippen LogP contribution in [0.4, 0.5) is 5.82 Å². The normalized spacial score (nSPS) is 10.1. The Labute approximate surface area is 81.3 Å². The van der Waals surface area contributed by atoms with Gasteiger partial charge in [0.25, 0.3) is 5.91 Å². The summed E-state index contributed by atoms with van der Waals surface area (Å²) < 4.78 is 5.08. The number of rotatable bonds is 4. The fourth-order valence-corrected chi connectivity index (χ4v) is 0.886. The molecule has 0 atom stereocenters. The number of nitrogen functional groups attached to an aromatic ring is 1. The number of primary amides is 1. The summed E-state index contributed by atoms with van der Waals surface area (Å²) in [6, 6.07) is 0. The third-order valence-corrected chi connectivity index (χ3v) is 1.57. The quantitative estimate of drug-likeness (QED) is 0.687. The molecular formula is C8H12N4O2. The number of hydrogen-bond acceptors (Lipinski definition) is 5. The Hall–Kier alpha value is -1.69. The molecule has 6 heteroatoms. The molecule has 0 unspecified atom stereocenters. The second-order valence-electron chi connectivity index (χ2n) is 2.59.